The second-order valence-electron chi connectivity index (χ2n) is 2.20. The van der Waals surface area contributed by atoms with Crippen molar-refractivity contribution in [1.29, 1.82) is 0 Å². The van der Waals surface area contributed by atoms with Crippen LogP contribution in [0.25, 0.3) is 0 Å². The summed E-state index contributed by atoms with van der Waals surface area (Å²) in [6, 6.07) is 6.98. The van der Waals surface area contributed by atoms with Gasteiger partial charge in [0, 0.05) is 19.5 Å². The van der Waals surface area contributed by atoms with Gasteiger partial charge in [0.2, 0.25) is 0 Å². The minimum Gasteiger partial charge on any atom is -0.369 e. The normalized spacial score (nSPS) is 10.2. The molecule has 2 nitrogen and oxygen atoms in total. The first-order valence-electron chi connectivity index (χ1n) is 3.34. The molecule has 0 aliphatic heterocycles. The number of hydrogen-bond donors (Lipinski definition) is 0. The number of carbonyl (C=O) groups excluding carboxylic acids is 1. The summed E-state index contributed by atoms with van der Waals surface area (Å²) in [5.41, 5.74) is -0.125. The van der Waals surface area contributed by atoms with Gasteiger partial charge in [-0.05, 0) is 12.1 Å². The molecular formula is C8H5F3O2Zn. The summed E-state index contributed by atoms with van der Waals surface area (Å²) in [5, 5.41) is 0. The first kappa shape index (κ1) is 13.1. The molecule has 0 saturated heterocycles. The van der Waals surface area contributed by atoms with E-state index in [1.807, 2.05) is 0 Å². The van der Waals surface area contributed by atoms with Crippen molar-refractivity contribution in [3.05, 3.63) is 35.9 Å². The van der Waals surface area contributed by atoms with Crippen molar-refractivity contribution in [2.45, 2.75) is 6.36 Å². The van der Waals surface area contributed by atoms with E-state index in [9.17, 15) is 18.0 Å². The summed E-state index contributed by atoms with van der Waals surface area (Å²) in [4.78, 5) is 10.7. The fourth-order valence-electron chi connectivity index (χ4n) is 0.738. The van der Waals surface area contributed by atoms with Gasteiger partial charge in [-0.1, -0.05) is 18.2 Å². The standard InChI is InChI=1S/C8H5F3O2.Zn/c9-8(10,11)13-7(12)6-4-2-1-3-5-6;/h1-5H;. The molecule has 0 atom stereocenters. The number of ether oxygens (including phenoxy) is 1. The van der Waals surface area contributed by atoms with Gasteiger partial charge in [-0.2, -0.15) is 0 Å². The number of halogens is 3. The molecule has 6 heteroatoms. The van der Waals surface area contributed by atoms with E-state index in [4.69, 9.17) is 0 Å². The molecule has 0 N–H and O–H groups in total. The second kappa shape index (κ2) is 5.10. The topological polar surface area (TPSA) is 26.3 Å². The van der Waals surface area contributed by atoms with Crippen molar-refractivity contribution >= 4 is 5.97 Å². The Hall–Kier alpha value is -0.897. The summed E-state index contributed by atoms with van der Waals surface area (Å²) < 4.78 is 37.8. The molecule has 0 aromatic heterocycles. The Bertz CT molecular complexity index is 297. The van der Waals surface area contributed by atoms with Gasteiger partial charge in [-0.15, -0.1) is 13.2 Å². The van der Waals surface area contributed by atoms with Crippen molar-refractivity contribution < 1.29 is 42.2 Å². The van der Waals surface area contributed by atoms with Crippen molar-refractivity contribution in [3.8, 4) is 0 Å². The average molecular weight is 256 g/mol. The molecule has 72 valence electrons. The minimum absolute atomic E-state index is 0. The molecule has 0 aliphatic rings. The van der Waals surface area contributed by atoms with E-state index in [0.717, 1.165) is 0 Å². The Balaban J connectivity index is 0.00000169. The SMILES string of the molecule is O=C(OC(F)(F)F)c1ccccc1.[Zn]. The molecule has 0 spiro atoms. The van der Waals surface area contributed by atoms with Crippen LogP contribution in [0.3, 0.4) is 0 Å². The number of alkyl halides is 3. The zero-order chi connectivity index (χ0) is 9.90. The summed E-state index contributed by atoms with van der Waals surface area (Å²) in [6.07, 6.45) is -4.92. The molecular weight excluding hydrogens is 250 g/mol. The van der Waals surface area contributed by atoms with Crippen LogP contribution in [0.4, 0.5) is 13.2 Å². The predicted molar refractivity (Wildman–Crippen MR) is 37.9 cm³/mol. The van der Waals surface area contributed by atoms with E-state index in [2.05, 4.69) is 4.74 Å². The van der Waals surface area contributed by atoms with Crippen LogP contribution in [0, 0.1) is 0 Å². The van der Waals surface area contributed by atoms with Gasteiger partial charge >= 0.3 is 12.3 Å². The number of carbonyl (C=O) groups is 1. The Morgan fingerprint density at radius 1 is 1.14 bits per heavy atom. The maximum Gasteiger partial charge on any atom is 0.575 e. The minimum atomic E-state index is -4.92. The molecule has 0 bridgehead atoms. The molecule has 0 fully saturated rings. The van der Waals surface area contributed by atoms with Gasteiger partial charge < -0.3 is 4.74 Å². The van der Waals surface area contributed by atoms with E-state index in [-0.39, 0.29) is 25.0 Å². The number of esters is 1. The van der Waals surface area contributed by atoms with Gasteiger partial charge in [0.1, 0.15) is 0 Å². The van der Waals surface area contributed by atoms with Gasteiger partial charge in [0.05, 0.1) is 5.56 Å². The van der Waals surface area contributed by atoms with E-state index in [1.54, 1.807) is 6.07 Å². The molecule has 0 unspecified atom stereocenters. The molecule has 1 aromatic rings. The molecule has 0 aliphatic carbocycles. The van der Waals surface area contributed by atoms with Gasteiger partial charge in [-0.25, -0.2) is 4.79 Å². The third-order valence-corrected chi connectivity index (χ3v) is 1.22. The van der Waals surface area contributed by atoms with Crippen LogP contribution < -0.4 is 0 Å². The van der Waals surface area contributed by atoms with Crippen LogP contribution >= 0.6 is 0 Å². The van der Waals surface area contributed by atoms with Gasteiger partial charge in [0.25, 0.3) is 0 Å². The fraction of sp³-hybridized carbons (Fsp3) is 0.125. The van der Waals surface area contributed by atoms with Gasteiger partial charge in [0.15, 0.2) is 0 Å². The predicted octanol–water partition coefficient (Wildman–Crippen LogP) is 2.36. The summed E-state index contributed by atoms with van der Waals surface area (Å²) in [5.74, 6) is -1.40. The third-order valence-electron chi connectivity index (χ3n) is 1.22. The fourth-order valence-corrected chi connectivity index (χ4v) is 0.738. The number of rotatable bonds is 1. The molecule has 0 amide bonds. The zero-order valence-corrected chi connectivity index (χ0v) is 10.0. The van der Waals surface area contributed by atoms with Crippen LogP contribution in [-0.4, -0.2) is 12.3 Å². The molecule has 0 radical (unpaired) electrons. The summed E-state index contributed by atoms with van der Waals surface area (Å²) in [6.45, 7) is 0. The van der Waals surface area contributed by atoms with Crippen LogP contribution in [0.5, 0.6) is 0 Å². The van der Waals surface area contributed by atoms with Crippen molar-refractivity contribution in [1.82, 2.24) is 0 Å². The quantitative estimate of drug-likeness (QED) is 0.569. The molecule has 1 rings (SSSR count). The Morgan fingerprint density at radius 3 is 2.07 bits per heavy atom. The smallest absolute Gasteiger partial charge is 0.369 e. The van der Waals surface area contributed by atoms with Crippen molar-refractivity contribution in [2.24, 2.45) is 0 Å². The summed E-state index contributed by atoms with van der Waals surface area (Å²) >= 11 is 0. The maximum atomic E-state index is 11.5. The number of hydrogen-bond acceptors (Lipinski definition) is 2. The van der Waals surface area contributed by atoms with Crippen LogP contribution in [-0.2, 0) is 24.2 Å². The van der Waals surface area contributed by atoms with Gasteiger partial charge in [-0.3, -0.25) is 0 Å². The second-order valence-corrected chi connectivity index (χ2v) is 2.20. The van der Waals surface area contributed by atoms with E-state index >= 15 is 0 Å². The Labute approximate surface area is 90.8 Å². The molecule has 1 aromatic carbocycles. The zero-order valence-electron chi connectivity index (χ0n) is 7.04. The molecule has 0 saturated carbocycles. The molecule has 0 heterocycles. The van der Waals surface area contributed by atoms with Crippen molar-refractivity contribution in [2.75, 3.05) is 0 Å². The first-order valence-corrected chi connectivity index (χ1v) is 3.34. The largest absolute Gasteiger partial charge is 0.575 e. The van der Waals surface area contributed by atoms with Crippen LogP contribution in [0.15, 0.2) is 30.3 Å². The first-order chi connectivity index (χ1) is 5.99. The molecule has 14 heavy (non-hydrogen) atoms. The van der Waals surface area contributed by atoms with E-state index in [1.165, 1.54) is 24.3 Å². The van der Waals surface area contributed by atoms with Crippen LogP contribution in [0.2, 0.25) is 0 Å². The van der Waals surface area contributed by atoms with Crippen LogP contribution in [0.1, 0.15) is 10.4 Å². The number of benzene rings is 1. The monoisotopic (exact) mass is 254 g/mol. The van der Waals surface area contributed by atoms with E-state index < -0.39 is 12.3 Å². The summed E-state index contributed by atoms with van der Waals surface area (Å²) in [7, 11) is 0. The van der Waals surface area contributed by atoms with E-state index in [0.29, 0.717) is 0 Å². The average Bonchev–Trinajstić information content (AvgIpc) is 2.03. The Kier molecular flexibility index (Phi) is 4.77. The van der Waals surface area contributed by atoms with Crippen molar-refractivity contribution in [3.63, 3.8) is 0 Å². The third kappa shape index (κ3) is 4.37. The maximum absolute atomic E-state index is 11.5. The Morgan fingerprint density at radius 2 is 1.64 bits per heavy atom.